The summed E-state index contributed by atoms with van der Waals surface area (Å²) in [7, 11) is 0. The zero-order chi connectivity index (χ0) is 20.9. The normalized spacial score (nSPS) is 10.4. The Balaban J connectivity index is 1.49. The number of amides is 2. The van der Waals surface area contributed by atoms with Crippen molar-refractivity contribution in [3.8, 4) is 5.69 Å². The lowest BCUT2D eigenvalue weighted by Crippen LogP contribution is -2.15. The van der Waals surface area contributed by atoms with Crippen LogP contribution in [-0.4, -0.2) is 37.0 Å². The highest BCUT2D eigenvalue weighted by Gasteiger charge is 2.11. The molecular weight excluding hydrogens is 382 g/mol. The fourth-order valence-electron chi connectivity index (χ4n) is 2.83. The molecule has 4 rings (SSSR count). The number of tetrazole rings is 1. The predicted molar refractivity (Wildman–Crippen MR) is 110 cm³/mol. The van der Waals surface area contributed by atoms with Crippen molar-refractivity contribution in [2.75, 3.05) is 10.6 Å². The van der Waals surface area contributed by atoms with E-state index in [1.54, 1.807) is 72.4 Å². The van der Waals surface area contributed by atoms with Crippen molar-refractivity contribution in [2.24, 2.45) is 0 Å². The van der Waals surface area contributed by atoms with Crippen molar-refractivity contribution in [1.29, 1.82) is 0 Å². The Morgan fingerprint density at radius 1 is 0.867 bits per heavy atom. The van der Waals surface area contributed by atoms with E-state index in [2.05, 4.69) is 31.1 Å². The zero-order valence-corrected chi connectivity index (χ0v) is 16.0. The highest BCUT2D eigenvalue weighted by molar-refractivity contribution is 6.07. The maximum Gasteiger partial charge on any atom is 0.257 e. The van der Waals surface area contributed by atoms with Gasteiger partial charge in [-0.1, -0.05) is 12.1 Å². The maximum absolute atomic E-state index is 12.7. The van der Waals surface area contributed by atoms with E-state index in [1.807, 2.05) is 6.07 Å². The third kappa shape index (κ3) is 4.20. The van der Waals surface area contributed by atoms with Crippen LogP contribution >= 0.6 is 0 Å². The Morgan fingerprint density at radius 3 is 2.27 bits per heavy atom. The molecule has 2 aromatic heterocycles. The van der Waals surface area contributed by atoms with Gasteiger partial charge in [0.2, 0.25) is 0 Å². The number of pyridine rings is 1. The van der Waals surface area contributed by atoms with Gasteiger partial charge in [0.25, 0.3) is 11.8 Å². The summed E-state index contributed by atoms with van der Waals surface area (Å²) in [6, 6.07) is 17.2. The molecule has 148 valence electrons. The fourth-order valence-corrected chi connectivity index (χ4v) is 2.83. The number of aromatic nitrogens is 5. The second-order valence-electron chi connectivity index (χ2n) is 6.42. The molecule has 0 radical (unpaired) electrons. The molecule has 4 aromatic rings. The molecule has 0 spiro atoms. The second-order valence-corrected chi connectivity index (χ2v) is 6.42. The second kappa shape index (κ2) is 8.31. The van der Waals surface area contributed by atoms with Gasteiger partial charge in [0.05, 0.1) is 11.3 Å². The summed E-state index contributed by atoms with van der Waals surface area (Å²) in [6.07, 6.45) is 3.07. The van der Waals surface area contributed by atoms with Gasteiger partial charge < -0.3 is 10.6 Å². The molecule has 2 aromatic carbocycles. The smallest absolute Gasteiger partial charge is 0.257 e. The number of rotatable bonds is 5. The Kier molecular flexibility index (Phi) is 5.25. The molecule has 0 unspecified atom stereocenters. The van der Waals surface area contributed by atoms with Gasteiger partial charge in [-0.2, -0.15) is 4.68 Å². The quantitative estimate of drug-likeness (QED) is 0.533. The molecule has 2 amide bonds. The number of carbonyl (C=O) groups excluding carboxylic acids is 2. The first kappa shape index (κ1) is 18.9. The van der Waals surface area contributed by atoms with E-state index in [9.17, 15) is 9.59 Å². The first-order chi connectivity index (χ1) is 14.6. The highest BCUT2D eigenvalue weighted by atomic mass is 16.2. The van der Waals surface area contributed by atoms with Gasteiger partial charge in [-0.15, -0.1) is 5.10 Å². The third-order valence-electron chi connectivity index (χ3n) is 4.28. The molecule has 0 saturated carbocycles. The van der Waals surface area contributed by atoms with Gasteiger partial charge in [0.15, 0.2) is 5.82 Å². The van der Waals surface area contributed by atoms with Crippen LogP contribution in [0, 0.1) is 6.92 Å². The SMILES string of the molecule is Cc1nnnn1-c1cccc(NC(=O)c2cccc(NC(=O)c3cccnc3)c2)c1. The van der Waals surface area contributed by atoms with Crippen LogP contribution in [0.25, 0.3) is 5.69 Å². The number of anilines is 2. The average molecular weight is 399 g/mol. The molecule has 9 nitrogen and oxygen atoms in total. The summed E-state index contributed by atoms with van der Waals surface area (Å²) in [5.41, 5.74) is 2.67. The zero-order valence-electron chi connectivity index (χ0n) is 16.0. The molecule has 0 atom stereocenters. The molecule has 0 fully saturated rings. The molecule has 2 heterocycles. The Bertz CT molecular complexity index is 1200. The van der Waals surface area contributed by atoms with Gasteiger partial charge >= 0.3 is 0 Å². The number of nitrogens with one attached hydrogen (secondary N) is 2. The first-order valence-corrected chi connectivity index (χ1v) is 9.08. The number of benzene rings is 2. The minimum absolute atomic E-state index is 0.301. The Hall–Kier alpha value is -4.40. The van der Waals surface area contributed by atoms with Crippen molar-refractivity contribution in [2.45, 2.75) is 6.92 Å². The summed E-state index contributed by atoms with van der Waals surface area (Å²) in [6.45, 7) is 1.79. The number of hydrogen-bond acceptors (Lipinski definition) is 6. The number of carbonyl (C=O) groups is 2. The van der Waals surface area contributed by atoms with Crippen molar-refractivity contribution in [3.63, 3.8) is 0 Å². The number of hydrogen-bond donors (Lipinski definition) is 2. The Labute approximate surface area is 171 Å². The van der Waals surface area contributed by atoms with Crippen LogP contribution in [0.4, 0.5) is 11.4 Å². The molecule has 0 aliphatic rings. The largest absolute Gasteiger partial charge is 0.322 e. The lowest BCUT2D eigenvalue weighted by molar-refractivity contribution is 0.101. The van der Waals surface area contributed by atoms with Gasteiger partial charge in [0.1, 0.15) is 0 Å². The van der Waals surface area contributed by atoms with E-state index in [-0.39, 0.29) is 11.8 Å². The lowest BCUT2D eigenvalue weighted by Gasteiger charge is -2.10. The fraction of sp³-hybridized carbons (Fsp3) is 0.0476. The van der Waals surface area contributed by atoms with Gasteiger partial charge in [-0.25, -0.2) is 0 Å². The van der Waals surface area contributed by atoms with Crippen molar-refractivity contribution in [3.05, 3.63) is 90.0 Å². The van der Waals surface area contributed by atoms with Crippen LogP contribution in [0.15, 0.2) is 73.1 Å². The van der Waals surface area contributed by atoms with E-state index in [4.69, 9.17) is 0 Å². The average Bonchev–Trinajstić information content (AvgIpc) is 3.20. The molecule has 0 saturated heterocycles. The van der Waals surface area contributed by atoms with Crippen LogP contribution in [0.3, 0.4) is 0 Å². The maximum atomic E-state index is 12.7. The summed E-state index contributed by atoms with van der Waals surface area (Å²) < 4.78 is 1.57. The van der Waals surface area contributed by atoms with Crippen molar-refractivity contribution in [1.82, 2.24) is 25.2 Å². The standard InChI is InChI=1S/C21H17N7O2/c1-14-25-26-27-28(14)19-9-3-8-18(12-19)24-20(29)15-5-2-7-17(11-15)23-21(30)16-6-4-10-22-13-16/h2-13H,1H3,(H,23,30)(H,24,29). The molecule has 0 bridgehead atoms. The van der Waals surface area contributed by atoms with Crippen LogP contribution in [-0.2, 0) is 0 Å². The van der Waals surface area contributed by atoms with E-state index in [1.165, 1.54) is 6.20 Å². The number of aryl methyl sites for hydroxylation is 1. The topological polar surface area (TPSA) is 115 Å². The van der Waals surface area contributed by atoms with Crippen LogP contribution in [0.5, 0.6) is 0 Å². The van der Waals surface area contributed by atoms with E-state index >= 15 is 0 Å². The first-order valence-electron chi connectivity index (χ1n) is 9.08. The monoisotopic (exact) mass is 399 g/mol. The minimum Gasteiger partial charge on any atom is -0.322 e. The van der Waals surface area contributed by atoms with E-state index in [0.29, 0.717) is 28.3 Å². The minimum atomic E-state index is -0.307. The van der Waals surface area contributed by atoms with Gasteiger partial charge in [-0.3, -0.25) is 14.6 Å². The third-order valence-corrected chi connectivity index (χ3v) is 4.28. The van der Waals surface area contributed by atoms with Gasteiger partial charge in [0, 0.05) is 29.3 Å². The summed E-state index contributed by atoms with van der Waals surface area (Å²) >= 11 is 0. The highest BCUT2D eigenvalue weighted by Crippen LogP contribution is 2.17. The number of nitrogens with zero attached hydrogens (tertiary/aromatic N) is 5. The van der Waals surface area contributed by atoms with Crippen LogP contribution in [0.2, 0.25) is 0 Å². The molecule has 2 N–H and O–H groups in total. The van der Waals surface area contributed by atoms with Gasteiger partial charge in [-0.05, 0) is 65.9 Å². The van der Waals surface area contributed by atoms with Crippen LogP contribution < -0.4 is 10.6 Å². The molecule has 0 aliphatic heterocycles. The summed E-state index contributed by atoms with van der Waals surface area (Å²) in [5.74, 6) is 0.0266. The summed E-state index contributed by atoms with van der Waals surface area (Å²) in [4.78, 5) is 28.9. The molecule has 30 heavy (non-hydrogen) atoms. The predicted octanol–water partition coefficient (Wildman–Crippen LogP) is 2.87. The van der Waals surface area contributed by atoms with Crippen molar-refractivity contribution >= 4 is 23.2 Å². The van der Waals surface area contributed by atoms with Crippen LogP contribution in [0.1, 0.15) is 26.5 Å². The summed E-state index contributed by atoms with van der Waals surface area (Å²) in [5, 5.41) is 17.0. The lowest BCUT2D eigenvalue weighted by atomic mass is 10.1. The molecular formula is C21H17N7O2. The van der Waals surface area contributed by atoms with E-state index < -0.39 is 0 Å². The molecule has 9 heteroatoms. The van der Waals surface area contributed by atoms with E-state index in [0.717, 1.165) is 5.69 Å². The van der Waals surface area contributed by atoms with Crippen molar-refractivity contribution < 1.29 is 9.59 Å². The molecule has 0 aliphatic carbocycles. The Morgan fingerprint density at radius 2 is 1.57 bits per heavy atom.